The van der Waals surface area contributed by atoms with Crippen LogP contribution in [0, 0.1) is 12.7 Å². The van der Waals surface area contributed by atoms with Crippen molar-refractivity contribution in [2.24, 2.45) is 0 Å². The lowest BCUT2D eigenvalue weighted by atomic mass is 10.1. The molecule has 1 heterocycles. The molecular formula is C12H11FN2O2. The van der Waals surface area contributed by atoms with Gasteiger partial charge in [-0.3, -0.25) is 4.79 Å². The van der Waals surface area contributed by atoms with Crippen molar-refractivity contribution < 1.29 is 13.7 Å². The summed E-state index contributed by atoms with van der Waals surface area (Å²) in [6, 6.07) is 6.03. The third-order valence-electron chi connectivity index (χ3n) is 2.28. The molecular weight excluding hydrogens is 223 g/mol. The van der Waals surface area contributed by atoms with Gasteiger partial charge in [0.05, 0.1) is 18.3 Å². The van der Waals surface area contributed by atoms with Crippen LogP contribution in [0.4, 0.5) is 4.39 Å². The van der Waals surface area contributed by atoms with E-state index in [1.807, 2.05) is 0 Å². The van der Waals surface area contributed by atoms with E-state index in [9.17, 15) is 9.18 Å². The van der Waals surface area contributed by atoms with Crippen molar-refractivity contribution in [1.29, 1.82) is 0 Å². The minimum Gasteiger partial charge on any atom is -0.360 e. The van der Waals surface area contributed by atoms with Crippen LogP contribution >= 0.6 is 0 Å². The van der Waals surface area contributed by atoms with Gasteiger partial charge in [-0.2, -0.15) is 0 Å². The maximum Gasteiger partial charge on any atom is 0.254 e. The number of amides is 1. The van der Waals surface area contributed by atoms with Gasteiger partial charge in [0.2, 0.25) is 0 Å². The Labute approximate surface area is 97.4 Å². The van der Waals surface area contributed by atoms with Crippen molar-refractivity contribution in [1.82, 2.24) is 10.5 Å². The van der Waals surface area contributed by atoms with E-state index in [2.05, 4.69) is 10.5 Å². The lowest BCUT2D eigenvalue weighted by molar-refractivity contribution is 0.0943. The van der Waals surface area contributed by atoms with Crippen LogP contribution in [0.1, 0.15) is 21.7 Å². The summed E-state index contributed by atoms with van der Waals surface area (Å²) < 4.78 is 18.2. The summed E-state index contributed by atoms with van der Waals surface area (Å²) in [7, 11) is 0. The number of nitrogens with zero attached hydrogens (tertiary/aromatic N) is 1. The summed E-state index contributed by atoms with van der Waals surface area (Å²) in [4.78, 5) is 11.7. The number of rotatable bonds is 3. The smallest absolute Gasteiger partial charge is 0.254 e. The Hall–Kier alpha value is -2.17. The molecule has 1 aromatic carbocycles. The second kappa shape index (κ2) is 4.78. The molecule has 5 heteroatoms. The molecule has 1 amide bonds. The standard InChI is InChI=1S/C12H11FN2O2/c1-8-2-3-11(13)10(6-8)12(16)14-7-9-4-5-15-17-9/h2-6H,7H2,1H3,(H,14,16). The van der Waals surface area contributed by atoms with Gasteiger partial charge in [0, 0.05) is 6.07 Å². The van der Waals surface area contributed by atoms with Gasteiger partial charge in [-0.05, 0) is 19.1 Å². The average Bonchev–Trinajstić information content (AvgIpc) is 2.82. The Morgan fingerprint density at radius 2 is 2.29 bits per heavy atom. The van der Waals surface area contributed by atoms with E-state index in [1.54, 1.807) is 19.1 Å². The second-order valence-electron chi connectivity index (χ2n) is 3.64. The van der Waals surface area contributed by atoms with Gasteiger partial charge in [0.25, 0.3) is 5.91 Å². The SMILES string of the molecule is Cc1ccc(F)c(C(=O)NCc2ccno2)c1. The van der Waals surface area contributed by atoms with E-state index < -0.39 is 11.7 Å². The number of hydrogen-bond acceptors (Lipinski definition) is 3. The van der Waals surface area contributed by atoms with E-state index >= 15 is 0 Å². The summed E-state index contributed by atoms with van der Waals surface area (Å²) in [6.07, 6.45) is 1.48. The van der Waals surface area contributed by atoms with Crippen LogP contribution in [0.25, 0.3) is 0 Å². The summed E-state index contributed by atoms with van der Waals surface area (Å²) in [5.41, 5.74) is 0.862. The highest BCUT2D eigenvalue weighted by Gasteiger charge is 2.11. The summed E-state index contributed by atoms with van der Waals surface area (Å²) in [5.74, 6) is -0.486. The first-order valence-corrected chi connectivity index (χ1v) is 5.11. The molecule has 0 aliphatic rings. The monoisotopic (exact) mass is 234 g/mol. The van der Waals surface area contributed by atoms with E-state index in [4.69, 9.17) is 4.52 Å². The van der Waals surface area contributed by atoms with Crippen molar-refractivity contribution in [3.05, 3.63) is 53.2 Å². The number of nitrogens with one attached hydrogen (secondary N) is 1. The molecule has 0 saturated heterocycles. The third-order valence-corrected chi connectivity index (χ3v) is 2.28. The molecule has 0 bridgehead atoms. The minimum absolute atomic E-state index is 0.0320. The maximum absolute atomic E-state index is 13.4. The van der Waals surface area contributed by atoms with Crippen molar-refractivity contribution in [2.75, 3.05) is 0 Å². The first kappa shape index (κ1) is 11.3. The zero-order chi connectivity index (χ0) is 12.3. The molecule has 1 aromatic heterocycles. The Morgan fingerprint density at radius 1 is 1.47 bits per heavy atom. The van der Waals surface area contributed by atoms with Crippen LogP contribution in [0.2, 0.25) is 0 Å². The number of hydrogen-bond donors (Lipinski definition) is 1. The molecule has 0 aliphatic heterocycles. The third kappa shape index (κ3) is 2.69. The van der Waals surface area contributed by atoms with Gasteiger partial charge in [0.1, 0.15) is 5.82 Å². The zero-order valence-corrected chi connectivity index (χ0v) is 9.24. The fraction of sp³-hybridized carbons (Fsp3) is 0.167. The van der Waals surface area contributed by atoms with Crippen LogP contribution in [0.15, 0.2) is 35.0 Å². The van der Waals surface area contributed by atoms with E-state index in [0.29, 0.717) is 5.76 Å². The summed E-state index contributed by atoms with van der Waals surface area (Å²) in [6.45, 7) is 1.99. The molecule has 0 saturated carbocycles. The fourth-order valence-electron chi connectivity index (χ4n) is 1.41. The number of halogens is 1. The molecule has 0 aliphatic carbocycles. The number of benzene rings is 1. The second-order valence-corrected chi connectivity index (χ2v) is 3.64. The number of aryl methyl sites for hydroxylation is 1. The first-order valence-electron chi connectivity index (χ1n) is 5.11. The molecule has 0 spiro atoms. The summed E-state index contributed by atoms with van der Waals surface area (Å²) in [5, 5.41) is 6.06. The van der Waals surface area contributed by atoms with Crippen molar-refractivity contribution in [3.63, 3.8) is 0 Å². The normalized spacial score (nSPS) is 10.2. The molecule has 4 nitrogen and oxygen atoms in total. The molecule has 0 atom stereocenters. The molecule has 17 heavy (non-hydrogen) atoms. The summed E-state index contributed by atoms with van der Waals surface area (Å²) >= 11 is 0. The number of carbonyl (C=O) groups is 1. The van der Waals surface area contributed by atoms with Crippen LogP contribution in [-0.2, 0) is 6.54 Å². The topological polar surface area (TPSA) is 55.1 Å². The van der Waals surface area contributed by atoms with Gasteiger partial charge in [-0.15, -0.1) is 0 Å². The van der Waals surface area contributed by atoms with E-state index in [-0.39, 0.29) is 12.1 Å². The lowest BCUT2D eigenvalue weighted by Crippen LogP contribution is -2.23. The Morgan fingerprint density at radius 3 is 3.00 bits per heavy atom. The van der Waals surface area contributed by atoms with Crippen LogP contribution < -0.4 is 5.32 Å². The van der Waals surface area contributed by atoms with Crippen LogP contribution in [0.3, 0.4) is 0 Å². The molecule has 0 radical (unpaired) electrons. The van der Waals surface area contributed by atoms with Gasteiger partial charge >= 0.3 is 0 Å². The highest BCUT2D eigenvalue weighted by molar-refractivity contribution is 5.94. The first-order chi connectivity index (χ1) is 8.16. The fourth-order valence-corrected chi connectivity index (χ4v) is 1.41. The van der Waals surface area contributed by atoms with E-state index in [0.717, 1.165) is 5.56 Å². The number of aromatic nitrogens is 1. The zero-order valence-electron chi connectivity index (χ0n) is 9.24. The molecule has 2 aromatic rings. The Bertz CT molecular complexity index is 523. The van der Waals surface area contributed by atoms with Gasteiger partial charge in [-0.1, -0.05) is 16.8 Å². The maximum atomic E-state index is 13.4. The van der Waals surface area contributed by atoms with Crippen LogP contribution in [-0.4, -0.2) is 11.1 Å². The van der Waals surface area contributed by atoms with Crippen LogP contribution in [0.5, 0.6) is 0 Å². The lowest BCUT2D eigenvalue weighted by Gasteiger charge is -2.05. The minimum atomic E-state index is -0.536. The quantitative estimate of drug-likeness (QED) is 0.884. The molecule has 2 rings (SSSR count). The molecule has 88 valence electrons. The Kier molecular flexibility index (Phi) is 3.18. The molecule has 1 N–H and O–H groups in total. The average molecular weight is 234 g/mol. The van der Waals surface area contributed by atoms with Gasteiger partial charge in [-0.25, -0.2) is 4.39 Å². The largest absolute Gasteiger partial charge is 0.360 e. The Balaban J connectivity index is 2.07. The number of carbonyl (C=O) groups excluding carboxylic acids is 1. The van der Waals surface area contributed by atoms with Crippen molar-refractivity contribution >= 4 is 5.91 Å². The van der Waals surface area contributed by atoms with Crippen molar-refractivity contribution in [2.45, 2.75) is 13.5 Å². The predicted molar refractivity (Wildman–Crippen MR) is 58.8 cm³/mol. The highest BCUT2D eigenvalue weighted by atomic mass is 19.1. The highest BCUT2D eigenvalue weighted by Crippen LogP contribution is 2.10. The van der Waals surface area contributed by atoms with Crippen molar-refractivity contribution in [3.8, 4) is 0 Å². The molecule has 0 unspecified atom stereocenters. The van der Waals surface area contributed by atoms with E-state index in [1.165, 1.54) is 18.3 Å². The molecule has 0 fully saturated rings. The van der Waals surface area contributed by atoms with Gasteiger partial charge < -0.3 is 9.84 Å². The predicted octanol–water partition coefficient (Wildman–Crippen LogP) is 2.05. The van der Waals surface area contributed by atoms with Gasteiger partial charge in [0.15, 0.2) is 5.76 Å².